The van der Waals surface area contributed by atoms with E-state index >= 15 is 0 Å². The summed E-state index contributed by atoms with van der Waals surface area (Å²) in [5.41, 5.74) is 3.36. The van der Waals surface area contributed by atoms with E-state index in [4.69, 9.17) is 21.0 Å². The average Bonchev–Trinajstić information content (AvgIpc) is 3.35. The van der Waals surface area contributed by atoms with Gasteiger partial charge in [-0.2, -0.15) is 4.98 Å². The van der Waals surface area contributed by atoms with Gasteiger partial charge in [0.25, 0.3) is 6.01 Å². The second-order valence-corrected chi connectivity index (χ2v) is 6.89. The van der Waals surface area contributed by atoms with Crippen LogP contribution in [0.2, 0.25) is 0 Å². The number of benzene rings is 2. The number of carbonyl (C=O) groups is 1. The van der Waals surface area contributed by atoms with E-state index in [1.165, 1.54) is 0 Å². The molecule has 0 aliphatic carbocycles. The highest BCUT2D eigenvalue weighted by molar-refractivity contribution is 6.13. The van der Waals surface area contributed by atoms with Crippen molar-refractivity contribution in [2.75, 3.05) is 25.1 Å². The molecule has 1 N–H and O–H groups in total. The Bertz CT molecular complexity index is 1100. The number of hydrogen-bond acceptors (Lipinski definition) is 6. The molecule has 0 saturated heterocycles. The highest BCUT2D eigenvalue weighted by Crippen LogP contribution is 2.25. The number of nitrogens with zero attached hydrogens (tertiary/aromatic N) is 2. The van der Waals surface area contributed by atoms with E-state index in [0.29, 0.717) is 12.6 Å². The van der Waals surface area contributed by atoms with Crippen molar-refractivity contribution in [1.29, 1.82) is 0 Å². The average molecular weight is 414 g/mol. The standard InChI is InChI=1S/C21H20ClN3O4/c1-25(21-24-18-5-2-3-6-19(18)28-21)9-4-10-27-15-7-8-17-16(12-15)14(13-23-17)11-20(26)29-22/h2-3,5-8,12-13,23H,4,9-11H2,1H3. The maximum atomic E-state index is 11.4. The van der Waals surface area contributed by atoms with Crippen LogP contribution in [-0.2, 0) is 15.5 Å². The van der Waals surface area contributed by atoms with Crippen LogP contribution in [0.3, 0.4) is 0 Å². The Hall–Kier alpha value is -3.19. The predicted molar refractivity (Wildman–Crippen MR) is 111 cm³/mol. The summed E-state index contributed by atoms with van der Waals surface area (Å²) < 4.78 is 15.9. The number of halogens is 1. The van der Waals surface area contributed by atoms with Crippen LogP contribution in [0.4, 0.5) is 6.01 Å². The summed E-state index contributed by atoms with van der Waals surface area (Å²) in [7, 11) is 1.94. The van der Waals surface area contributed by atoms with E-state index in [2.05, 4.69) is 14.3 Å². The van der Waals surface area contributed by atoms with Gasteiger partial charge in [0.2, 0.25) is 0 Å². The topological polar surface area (TPSA) is 80.6 Å². The largest absolute Gasteiger partial charge is 0.494 e. The van der Waals surface area contributed by atoms with Crippen LogP contribution in [-0.4, -0.2) is 36.1 Å². The number of oxazole rings is 1. The Morgan fingerprint density at radius 2 is 2.14 bits per heavy atom. The van der Waals surface area contributed by atoms with Crippen LogP contribution in [0, 0.1) is 0 Å². The zero-order valence-corrected chi connectivity index (χ0v) is 16.6. The number of aromatic amines is 1. The zero-order valence-electron chi connectivity index (χ0n) is 15.9. The molecule has 0 unspecified atom stereocenters. The molecule has 0 radical (unpaired) electrons. The summed E-state index contributed by atoms with van der Waals surface area (Å²) in [6, 6.07) is 14.0. The van der Waals surface area contributed by atoms with Gasteiger partial charge in [0.05, 0.1) is 13.0 Å². The van der Waals surface area contributed by atoms with Crippen LogP contribution in [0.25, 0.3) is 22.0 Å². The summed E-state index contributed by atoms with van der Waals surface area (Å²) >= 11 is 5.13. The van der Waals surface area contributed by atoms with E-state index in [-0.39, 0.29) is 6.42 Å². The van der Waals surface area contributed by atoms with Gasteiger partial charge in [0.1, 0.15) is 23.1 Å². The maximum Gasteiger partial charge on any atom is 0.329 e. The second kappa shape index (κ2) is 8.45. The molecular weight excluding hydrogens is 394 g/mol. The molecule has 4 rings (SSSR count). The number of anilines is 1. The number of nitrogens with one attached hydrogen (secondary N) is 1. The quantitative estimate of drug-likeness (QED) is 0.430. The van der Waals surface area contributed by atoms with Gasteiger partial charge in [-0.05, 0) is 42.3 Å². The lowest BCUT2D eigenvalue weighted by Crippen LogP contribution is -2.20. The molecule has 29 heavy (non-hydrogen) atoms. The minimum atomic E-state index is -0.499. The van der Waals surface area contributed by atoms with Gasteiger partial charge in [-0.3, -0.25) is 4.79 Å². The van der Waals surface area contributed by atoms with Crippen molar-refractivity contribution < 1.29 is 18.2 Å². The lowest BCUT2D eigenvalue weighted by molar-refractivity contribution is -0.133. The highest BCUT2D eigenvalue weighted by Gasteiger charge is 2.12. The molecule has 150 valence electrons. The third-order valence-electron chi connectivity index (χ3n) is 4.68. The zero-order chi connectivity index (χ0) is 20.2. The van der Waals surface area contributed by atoms with Gasteiger partial charge < -0.3 is 23.3 Å². The molecule has 0 aliphatic rings. The lowest BCUT2D eigenvalue weighted by atomic mass is 10.1. The monoisotopic (exact) mass is 413 g/mol. The lowest BCUT2D eigenvalue weighted by Gasteiger charge is -2.14. The van der Waals surface area contributed by atoms with Crippen LogP contribution in [0.5, 0.6) is 5.75 Å². The first-order chi connectivity index (χ1) is 14.1. The van der Waals surface area contributed by atoms with Gasteiger partial charge in [0, 0.05) is 30.7 Å². The number of H-pyrrole nitrogens is 1. The van der Waals surface area contributed by atoms with Crippen molar-refractivity contribution >= 4 is 45.9 Å². The normalized spacial score (nSPS) is 11.1. The SMILES string of the molecule is CN(CCCOc1ccc2[nH]cc(CC(=O)OCl)c2c1)c1nc2ccccc2o1. The minimum Gasteiger partial charge on any atom is -0.494 e. The number of para-hydroxylation sites is 2. The molecule has 0 fully saturated rings. The Morgan fingerprint density at radius 1 is 1.28 bits per heavy atom. The van der Waals surface area contributed by atoms with E-state index in [9.17, 15) is 4.79 Å². The van der Waals surface area contributed by atoms with Gasteiger partial charge in [-0.25, -0.2) is 0 Å². The van der Waals surface area contributed by atoms with Crippen molar-refractivity contribution in [2.45, 2.75) is 12.8 Å². The number of fused-ring (bicyclic) bond motifs is 2. The fraction of sp³-hybridized carbons (Fsp3) is 0.238. The number of ether oxygens (including phenoxy) is 1. The molecule has 2 aromatic heterocycles. The van der Waals surface area contributed by atoms with Crippen LogP contribution in [0.15, 0.2) is 53.1 Å². The minimum absolute atomic E-state index is 0.0995. The first kappa shape index (κ1) is 19.1. The molecule has 0 saturated carbocycles. The molecule has 0 amide bonds. The van der Waals surface area contributed by atoms with Crippen LogP contribution < -0.4 is 9.64 Å². The second-order valence-electron chi connectivity index (χ2n) is 6.73. The van der Waals surface area contributed by atoms with E-state index in [0.717, 1.165) is 46.3 Å². The molecule has 0 spiro atoms. The van der Waals surface area contributed by atoms with Gasteiger partial charge in [-0.15, -0.1) is 0 Å². The van der Waals surface area contributed by atoms with E-state index < -0.39 is 5.97 Å². The third kappa shape index (κ3) is 4.30. The smallest absolute Gasteiger partial charge is 0.329 e. The molecule has 0 bridgehead atoms. The number of hydrogen-bond donors (Lipinski definition) is 1. The summed E-state index contributed by atoms with van der Waals surface area (Å²) in [6.45, 7) is 1.28. The first-order valence-corrected chi connectivity index (χ1v) is 9.56. The van der Waals surface area contributed by atoms with E-state index in [1.54, 1.807) is 6.20 Å². The maximum absolute atomic E-state index is 11.4. The van der Waals surface area contributed by atoms with E-state index in [1.807, 2.05) is 54.4 Å². The molecule has 2 aromatic carbocycles. The fourth-order valence-electron chi connectivity index (χ4n) is 3.19. The van der Waals surface area contributed by atoms with Crippen molar-refractivity contribution in [1.82, 2.24) is 9.97 Å². The summed E-state index contributed by atoms with van der Waals surface area (Å²) in [6.07, 6.45) is 2.67. The number of rotatable bonds is 8. The van der Waals surface area contributed by atoms with Crippen LogP contribution >= 0.6 is 11.9 Å². The molecule has 4 aromatic rings. The highest BCUT2D eigenvalue weighted by atomic mass is 35.5. The summed E-state index contributed by atoms with van der Waals surface area (Å²) in [5.74, 6) is 0.239. The Labute approximate surface area is 172 Å². The summed E-state index contributed by atoms with van der Waals surface area (Å²) in [4.78, 5) is 21.0. The number of carbonyl (C=O) groups excluding carboxylic acids is 1. The Kier molecular flexibility index (Phi) is 5.57. The molecule has 7 nitrogen and oxygen atoms in total. The molecule has 2 heterocycles. The van der Waals surface area contributed by atoms with Crippen LogP contribution in [0.1, 0.15) is 12.0 Å². The van der Waals surface area contributed by atoms with Crippen molar-refractivity contribution in [3.63, 3.8) is 0 Å². The molecule has 0 atom stereocenters. The van der Waals surface area contributed by atoms with Gasteiger partial charge >= 0.3 is 5.97 Å². The van der Waals surface area contributed by atoms with Gasteiger partial charge in [-0.1, -0.05) is 12.1 Å². The van der Waals surface area contributed by atoms with Crippen molar-refractivity contribution in [3.05, 3.63) is 54.2 Å². The third-order valence-corrected chi connectivity index (χ3v) is 4.85. The molecule has 8 heteroatoms. The Balaban J connectivity index is 1.33. The van der Waals surface area contributed by atoms with Crippen molar-refractivity contribution in [3.8, 4) is 5.75 Å². The molecule has 0 aliphatic heterocycles. The summed E-state index contributed by atoms with van der Waals surface area (Å²) in [5, 5.41) is 0.910. The predicted octanol–water partition coefficient (Wildman–Crippen LogP) is 4.45. The Morgan fingerprint density at radius 3 is 2.97 bits per heavy atom. The van der Waals surface area contributed by atoms with Crippen molar-refractivity contribution in [2.24, 2.45) is 0 Å². The fourth-order valence-corrected chi connectivity index (χ4v) is 3.24. The van der Waals surface area contributed by atoms with Gasteiger partial charge in [0.15, 0.2) is 5.58 Å². The molecular formula is C21H20ClN3O4. The number of aromatic nitrogens is 2. The first-order valence-electron chi connectivity index (χ1n) is 9.25.